The Morgan fingerprint density at radius 3 is 2.60 bits per heavy atom. The molecule has 3 aromatic rings. The van der Waals surface area contributed by atoms with Gasteiger partial charge < -0.3 is 19.3 Å². The predicted molar refractivity (Wildman–Crippen MR) is 147 cm³/mol. The lowest BCUT2D eigenvalue weighted by molar-refractivity contribution is 0.0766. The number of carbonyl (C=O) groups excluding carboxylic acids is 3. The summed E-state index contributed by atoms with van der Waals surface area (Å²) < 4.78 is 11.8. The number of nitrogen functional groups attached to an aromatic ring is 1. The molecule has 1 aromatic heterocycles. The van der Waals surface area contributed by atoms with Gasteiger partial charge in [-0.3, -0.25) is 24.8 Å². The van der Waals surface area contributed by atoms with Gasteiger partial charge in [-0.05, 0) is 68.0 Å². The summed E-state index contributed by atoms with van der Waals surface area (Å²) >= 11 is 0. The van der Waals surface area contributed by atoms with Crippen molar-refractivity contribution in [2.24, 2.45) is 5.84 Å². The zero-order valence-corrected chi connectivity index (χ0v) is 22.5. The van der Waals surface area contributed by atoms with E-state index in [2.05, 4.69) is 4.98 Å². The molecule has 2 aromatic carbocycles. The summed E-state index contributed by atoms with van der Waals surface area (Å²) in [5, 5.41) is 0. The smallest absolute Gasteiger partial charge is 0.283 e. The molecule has 206 valence electrons. The number of amides is 3. The number of fused-ring (bicyclic) bond motifs is 2. The van der Waals surface area contributed by atoms with Gasteiger partial charge in [0.25, 0.3) is 17.7 Å². The van der Waals surface area contributed by atoms with E-state index in [9.17, 15) is 14.4 Å². The Morgan fingerprint density at radius 1 is 1.05 bits per heavy atom. The Kier molecular flexibility index (Phi) is 6.63. The molecule has 0 bridgehead atoms. The third kappa shape index (κ3) is 4.44. The van der Waals surface area contributed by atoms with Gasteiger partial charge in [0.1, 0.15) is 5.69 Å². The number of nitrogens with zero attached hydrogens (tertiary/aromatic N) is 3. The lowest BCUT2D eigenvalue weighted by Gasteiger charge is -2.24. The molecule has 10 heteroatoms. The quantitative estimate of drug-likeness (QED) is 0.264. The summed E-state index contributed by atoms with van der Waals surface area (Å²) in [7, 11) is 1.62. The van der Waals surface area contributed by atoms with Crippen LogP contribution in [0.2, 0.25) is 0 Å². The van der Waals surface area contributed by atoms with Crippen molar-refractivity contribution in [1.29, 1.82) is 0 Å². The first kappa shape index (κ1) is 25.8. The second-order valence-electron chi connectivity index (χ2n) is 10.5. The van der Waals surface area contributed by atoms with Gasteiger partial charge in [-0.25, -0.2) is 5.84 Å². The summed E-state index contributed by atoms with van der Waals surface area (Å²) in [5.41, 5.74) is 6.43. The van der Waals surface area contributed by atoms with E-state index in [1.807, 2.05) is 48.7 Å². The molecular weight excluding hydrogens is 510 g/mol. The van der Waals surface area contributed by atoms with Crippen LogP contribution < -0.4 is 25.6 Å². The number of ether oxygens (including phenoxy) is 2. The number of pyridine rings is 1. The number of methoxy groups -OCH3 is 1. The van der Waals surface area contributed by atoms with E-state index in [0.717, 1.165) is 48.1 Å². The van der Waals surface area contributed by atoms with Crippen LogP contribution in [-0.2, 0) is 13.1 Å². The highest BCUT2D eigenvalue weighted by Gasteiger charge is 2.36. The van der Waals surface area contributed by atoms with Crippen LogP contribution in [0.4, 0.5) is 5.69 Å². The molecule has 1 aliphatic carbocycles. The molecule has 3 amide bonds. The van der Waals surface area contributed by atoms with Crippen LogP contribution in [0.15, 0.2) is 48.7 Å². The number of hydrazine groups is 1. The van der Waals surface area contributed by atoms with Gasteiger partial charge in [0.15, 0.2) is 11.5 Å². The highest BCUT2D eigenvalue weighted by Crippen LogP contribution is 2.42. The number of nitrogens with two attached hydrogens (primary N) is 1. The van der Waals surface area contributed by atoms with Crippen molar-refractivity contribution in [3.8, 4) is 11.5 Å². The van der Waals surface area contributed by atoms with Crippen LogP contribution in [0.25, 0.3) is 0 Å². The lowest BCUT2D eigenvalue weighted by Crippen LogP contribution is -2.31. The second kappa shape index (κ2) is 10.3. The minimum atomic E-state index is -0.557. The predicted octanol–water partition coefficient (Wildman–Crippen LogP) is 3.89. The van der Waals surface area contributed by atoms with Gasteiger partial charge in [-0.1, -0.05) is 12.1 Å². The summed E-state index contributed by atoms with van der Waals surface area (Å²) in [6, 6.07) is 12.7. The molecule has 0 spiro atoms. The van der Waals surface area contributed by atoms with Crippen molar-refractivity contribution in [3.63, 3.8) is 0 Å². The standard InChI is InChI=1S/C30H31N5O5/c1-17-22-9-7-18(15-34-16-19-14-32-25(28(36)33-31)13-23(19)29(34)37)11-24(22)30(38)35(17)20-8-10-26(39-2)27(12-20)40-21-5-3-4-6-21/h7-14,17,21H,3-6,15-16,31H2,1-2H3,(H,33,36). The number of anilines is 1. The normalized spacial score (nSPS) is 18.2. The van der Waals surface area contributed by atoms with Crippen molar-refractivity contribution in [3.05, 3.63) is 82.2 Å². The Labute approximate surface area is 232 Å². The first-order valence-corrected chi connectivity index (χ1v) is 13.5. The maximum absolute atomic E-state index is 13.7. The summed E-state index contributed by atoms with van der Waals surface area (Å²) in [5.74, 6) is 5.65. The molecule has 0 saturated heterocycles. The SMILES string of the molecule is COc1ccc(N2C(=O)c3cc(CN4Cc5cnc(C(=O)NN)cc5C4=O)ccc3C2C)cc1OC1CCCC1. The maximum Gasteiger partial charge on any atom is 0.283 e. The molecule has 2 aliphatic heterocycles. The number of rotatable bonds is 7. The van der Waals surface area contributed by atoms with E-state index in [-0.39, 0.29) is 29.7 Å². The third-order valence-corrected chi connectivity index (χ3v) is 8.03. The van der Waals surface area contributed by atoms with E-state index >= 15 is 0 Å². The molecule has 10 nitrogen and oxygen atoms in total. The molecule has 6 rings (SSSR count). The third-order valence-electron chi connectivity index (χ3n) is 8.03. The number of nitrogens with one attached hydrogen (secondary N) is 1. The van der Waals surface area contributed by atoms with Gasteiger partial charge in [0.2, 0.25) is 0 Å². The van der Waals surface area contributed by atoms with Gasteiger partial charge in [0.05, 0.1) is 19.3 Å². The van der Waals surface area contributed by atoms with Crippen LogP contribution in [0.3, 0.4) is 0 Å². The first-order chi connectivity index (χ1) is 19.4. The number of aromatic nitrogens is 1. The first-order valence-electron chi connectivity index (χ1n) is 13.5. The fourth-order valence-corrected chi connectivity index (χ4v) is 5.93. The number of benzene rings is 2. The minimum Gasteiger partial charge on any atom is -0.493 e. The highest BCUT2D eigenvalue weighted by atomic mass is 16.5. The van der Waals surface area contributed by atoms with Crippen molar-refractivity contribution in [1.82, 2.24) is 15.3 Å². The van der Waals surface area contributed by atoms with Crippen LogP contribution in [0.5, 0.6) is 11.5 Å². The topological polar surface area (TPSA) is 127 Å². The van der Waals surface area contributed by atoms with Crippen LogP contribution in [0.1, 0.15) is 86.5 Å². The van der Waals surface area contributed by atoms with Crippen LogP contribution >= 0.6 is 0 Å². The van der Waals surface area contributed by atoms with Crippen molar-refractivity contribution < 1.29 is 23.9 Å². The fourth-order valence-electron chi connectivity index (χ4n) is 5.93. The van der Waals surface area contributed by atoms with Crippen LogP contribution in [-0.4, -0.2) is 40.8 Å². The summed E-state index contributed by atoms with van der Waals surface area (Å²) in [6.45, 7) is 2.70. The molecule has 0 radical (unpaired) electrons. The molecule has 3 heterocycles. The molecule has 1 fully saturated rings. The van der Waals surface area contributed by atoms with E-state index in [1.54, 1.807) is 16.9 Å². The number of hydrogen-bond acceptors (Lipinski definition) is 7. The largest absolute Gasteiger partial charge is 0.493 e. The van der Waals surface area contributed by atoms with E-state index in [0.29, 0.717) is 35.7 Å². The van der Waals surface area contributed by atoms with Gasteiger partial charge in [-0.2, -0.15) is 0 Å². The Bertz CT molecular complexity index is 1520. The molecule has 1 saturated carbocycles. The van der Waals surface area contributed by atoms with Crippen molar-refractivity contribution in [2.45, 2.75) is 57.8 Å². The maximum atomic E-state index is 13.7. The Hall–Kier alpha value is -4.44. The summed E-state index contributed by atoms with van der Waals surface area (Å²) in [4.78, 5) is 46.2. The van der Waals surface area contributed by atoms with Crippen LogP contribution in [0, 0.1) is 0 Å². The summed E-state index contributed by atoms with van der Waals surface area (Å²) in [6.07, 6.45) is 6.05. The zero-order valence-electron chi connectivity index (χ0n) is 22.5. The minimum absolute atomic E-state index is 0.0870. The van der Waals surface area contributed by atoms with Crippen molar-refractivity contribution in [2.75, 3.05) is 12.0 Å². The number of carbonyl (C=O) groups is 3. The van der Waals surface area contributed by atoms with E-state index in [1.165, 1.54) is 12.3 Å². The Morgan fingerprint density at radius 2 is 1.85 bits per heavy atom. The lowest BCUT2D eigenvalue weighted by atomic mass is 10.0. The average molecular weight is 542 g/mol. The monoisotopic (exact) mass is 541 g/mol. The van der Waals surface area contributed by atoms with Gasteiger partial charge in [0, 0.05) is 47.7 Å². The molecule has 40 heavy (non-hydrogen) atoms. The Balaban J connectivity index is 1.22. The highest BCUT2D eigenvalue weighted by molar-refractivity contribution is 6.11. The second-order valence-corrected chi connectivity index (χ2v) is 10.5. The average Bonchev–Trinajstić information content (AvgIpc) is 3.65. The molecule has 3 aliphatic rings. The van der Waals surface area contributed by atoms with E-state index < -0.39 is 5.91 Å². The van der Waals surface area contributed by atoms with Gasteiger partial charge in [-0.15, -0.1) is 0 Å². The fraction of sp³-hybridized carbons (Fsp3) is 0.333. The molecule has 3 N–H and O–H groups in total. The van der Waals surface area contributed by atoms with E-state index in [4.69, 9.17) is 15.3 Å². The molecular formula is C30H31N5O5. The van der Waals surface area contributed by atoms with Gasteiger partial charge >= 0.3 is 0 Å². The number of hydrogen-bond donors (Lipinski definition) is 2. The molecule has 1 atom stereocenters. The zero-order chi connectivity index (χ0) is 28.0. The van der Waals surface area contributed by atoms with Crippen molar-refractivity contribution >= 4 is 23.4 Å². The molecule has 1 unspecified atom stereocenters.